The van der Waals surface area contributed by atoms with Crippen molar-refractivity contribution in [3.8, 4) is 11.5 Å². The van der Waals surface area contributed by atoms with Crippen LogP contribution < -0.4 is 9.47 Å². The fraction of sp³-hybridized carbons (Fsp3) is 0.517. The van der Waals surface area contributed by atoms with Crippen LogP contribution in [0.3, 0.4) is 0 Å². The molecule has 1 atom stereocenters. The molecule has 1 aliphatic rings. The average molecular weight is 532 g/mol. The summed E-state index contributed by atoms with van der Waals surface area (Å²) in [6, 6.07) is 13.1. The first-order chi connectivity index (χ1) is 18.4. The maximum absolute atomic E-state index is 13.0. The van der Waals surface area contributed by atoms with Crippen molar-refractivity contribution in [2.75, 3.05) is 32.9 Å². The van der Waals surface area contributed by atoms with Gasteiger partial charge < -0.3 is 29.0 Å². The highest BCUT2D eigenvalue weighted by Crippen LogP contribution is 2.22. The largest absolute Gasteiger partial charge is 0.494 e. The second-order valence-corrected chi connectivity index (χ2v) is 9.27. The molecule has 0 saturated heterocycles. The smallest absolute Gasteiger partial charge is 0.410 e. The highest BCUT2D eigenvalue weighted by atomic mass is 19.1. The quantitative estimate of drug-likeness (QED) is 0.287. The van der Waals surface area contributed by atoms with Crippen LogP contribution in [0.15, 0.2) is 48.5 Å². The number of aliphatic carboxylic acids is 1. The third-order valence-corrected chi connectivity index (χ3v) is 6.35. The first-order valence-corrected chi connectivity index (χ1v) is 13.3. The minimum atomic E-state index is -0.987. The fourth-order valence-corrected chi connectivity index (χ4v) is 4.27. The molecule has 0 aromatic heterocycles. The summed E-state index contributed by atoms with van der Waals surface area (Å²) in [5, 5.41) is 9.26. The van der Waals surface area contributed by atoms with Crippen LogP contribution >= 0.6 is 0 Å². The third kappa shape index (κ3) is 10.2. The van der Waals surface area contributed by atoms with E-state index in [2.05, 4.69) is 0 Å². The van der Waals surface area contributed by atoms with E-state index < -0.39 is 12.1 Å². The number of halogens is 1. The van der Waals surface area contributed by atoms with Crippen LogP contribution in [0.1, 0.15) is 51.0 Å². The van der Waals surface area contributed by atoms with Crippen LogP contribution in [-0.4, -0.2) is 67.2 Å². The zero-order chi connectivity index (χ0) is 27.2. The number of carboxylic acids is 1. The standard InChI is InChI=1S/C29H38FNO7/c1-2-35-27(28(32)33)21-22-9-13-24(14-10-22)37-20-18-31(29(34)38-26-7-3-4-8-26)17-5-6-19-36-25-15-11-23(30)12-16-25/h9-16,26-27H,2-8,17-21H2,1H3,(H,32,33). The van der Waals surface area contributed by atoms with Crippen LogP contribution in [0, 0.1) is 5.82 Å². The highest BCUT2D eigenvalue weighted by Gasteiger charge is 2.23. The maximum Gasteiger partial charge on any atom is 0.410 e. The van der Waals surface area contributed by atoms with Gasteiger partial charge in [-0.3, -0.25) is 0 Å². The van der Waals surface area contributed by atoms with Gasteiger partial charge in [0.1, 0.15) is 30.0 Å². The lowest BCUT2D eigenvalue weighted by atomic mass is 10.1. The second kappa shape index (κ2) is 15.8. The van der Waals surface area contributed by atoms with Crippen molar-refractivity contribution in [1.82, 2.24) is 4.90 Å². The second-order valence-electron chi connectivity index (χ2n) is 9.27. The van der Waals surface area contributed by atoms with Crippen molar-refractivity contribution >= 4 is 12.1 Å². The molecule has 1 unspecified atom stereocenters. The molecule has 208 valence electrons. The highest BCUT2D eigenvalue weighted by molar-refractivity contribution is 5.72. The van der Waals surface area contributed by atoms with E-state index in [1.807, 2.05) is 12.1 Å². The molecule has 38 heavy (non-hydrogen) atoms. The molecule has 8 nitrogen and oxygen atoms in total. The predicted molar refractivity (Wildman–Crippen MR) is 140 cm³/mol. The third-order valence-electron chi connectivity index (χ3n) is 6.35. The molecule has 1 fully saturated rings. The van der Waals surface area contributed by atoms with Gasteiger partial charge in [0.2, 0.25) is 0 Å². The van der Waals surface area contributed by atoms with E-state index in [1.165, 1.54) is 12.1 Å². The van der Waals surface area contributed by atoms with Gasteiger partial charge in [-0.25, -0.2) is 14.0 Å². The van der Waals surface area contributed by atoms with Gasteiger partial charge >= 0.3 is 12.1 Å². The van der Waals surface area contributed by atoms with E-state index in [9.17, 15) is 19.1 Å². The molecule has 0 aliphatic heterocycles. The average Bonchev–Trinajstić information content (AvgIpc) is 3.42. The minimum Gasteiger partial charge on any atom is -0.494 e. The first kappa shape index (κ1) is 29.2. The molecule has 1 amide bonds. The van der Waals surface area contributed by atoms with Crippen molar-refractivity contribution in [1.29, 1.82) is 0 Å². The van der Waals surface area contributed by atoms with Gasteiger partial charge in [-0.2, -0.15) is 0 Å². The van der Waals surface area contributed by atoms with Gasteiger partial charge in [-0.1, -0.05) is 12.1 Å². The summed E-state index contributed by atoms with van der Waals surface area (Å²) in [7, 11) is 0. The normalized spacial score (nSPS) is 14.2. The van der Waals surface area contributed by atoms with Crippen LogP contribution in [0.25, 0.3) is 0 Å². The van der Waals surface area contributed by atoms with E-state index in [1.54, 1.807) is 36.1 Å². The van der Waals surface area contributed by atoms with Crippen molar-refractivity contribution in [3.63, 3.8) is 0 Å². The lowest BCUT2D eigenvalue weighted by Gasteiger charge is -2.24. The van der Waals surface area contributed by atoms with Crippen LogP contribution in [0.5, 0.6) is 11.5 Å². The number of hydrogen-bond acceptors (Lipinski definition) is 6. The zero-order valence-electron chi connectivity index (χ0n) is 22.0. The molecule has 3 rings (SSSR count). The Labute approximate surface area is 223 Å². The monoisotopic (exact) mass is 531 g/mol. The summed E-state index contributed by atoms with van der Waals surface area (Å²) in [6.45, 7) is 3.74. The molecular weight excluding hydrogens is 493 g/mol. The minimum absolute atomic E-state index is 0.0217. The number of nitrogens with zero attached hydrogens (tertiary/aromatic N) is 1. The number of carbonyl (C=O) groups excluding carboxylic acids is 1. The summed E-state index contributed by atoms with van der Waals surface area (Å²) in [6.07, 6.45) is 4.46. The van der Waals surface area contributed by atoms with E-state index in [0.717, 1.165) is 44.1 Å². The van der Waals surface area contributed by atoms with Gasteiger partial charge in [0.05, 0.1) is 13.2 Å². The number of benzene rings is 2. The Hall–Kier alpha value is -3.33. The van der Waals surface area contributed by atoms with Gasteiger partial charge in [-0.15, -0.1) is 0 Å². The molecule has 1 saturated carbocycles. The lowest BCUT2D eigenvalue weighted by Crippen LogP contribution is -2.37. The Morgan fingerprint density at radius 3 is 2.21 bits per heavy atom. The number of amides is 1. The first-order valence-electron chi connectivity index (χ1n) is 13.3. The van der Waals surface area contributed by atoms with Gasteiger partial charge in [0.25, 0.3) is 0 Å². The number of hydrogen-bond donors (Lipinski definition) is 1. The van der Waals surface area contributed by atoms with Crippen molar-refractivity contribution in [2.45, 2.75) is 64.1 Å². The molecule has 0 bridgehead atoms. The number of carboxylic acid groups (broad SMARTS) is 1. The topological polar surface area (TPSA) is 94.5 Å². The molecule has 0 radical (unpaired) electrons. The van der Waals surface area contributed by atoms with Crippen LogP contribution in [-0.2, 0) is 20.7 Å². The molecule has 9 heteroatoms. The Kier molecular flexibility index (Phi) is 12.2. The van der Waals surface area contributed by atoms with Crippen molar-refractivity contribution in [3.05, 3.63) is 59.9 Å². The molecule has 0 heterocycles. The lowest BCUT2D eigenvalue weighted by molar-refractivity contribution is -0.149. The number of unbranched alkanes of at least 4 members (excludes halogenated alkanes) is 1. The number of rotatable bonds is 16. The van der Waals surface area contributed by atoms with E-state index in [0.29, 0.717) is 44.4 Å². The van der Waals surface area contributed by atoms with Gasteiger partial charge in [0, 0.05) is 19.6 Å². The maximum atomic E-state index is 13.0. The summed E-state index contributed by atoms with van der Waals surface area (Å²) < 4.78 is 35.5. The Morgan fingerprint density at radius 2 is 1.58 bits per heavy atom. The van der Waals surface area contributed by atoms with E-state index >= 15 is 0 Å². The molecule has 2 aromatic carbocycles. The van der Waals surface area contributed by atoms with E-state index in [-0.39, 0.29) is 24.4 Å². The molecule has 1 N–H and O–H groups in total. The number of carbonyl (C=O) groups is 2. The molecule has 1 aliphatic carbocycles. The molecule has 2 aromatic rings. The summed E-state index contributed by atoms with van der Waals surface area (Å²) in [4.78, 5) is 25.8. The summed E-state index contributed by atoms with van der Waals surface area (Å²) in [5.74, 6) is -0.0485. The zero-order valence-corrected chi connectivity index (χ0v) is 22.0. The van der Waals surface area contributed by atoms with Gasteiger partial charge in [-0.05, 0) is 87.4 Å². The summed E-state index contributed by atoms with van der Waals surface area (Å²) in [5.41, 5.74) is 0.836. The van der Waals surface area contributed by atoms with Crippen molar-refractivity contribution in [2.24, 2.45) is 0 Å². The predicted octanol–water partition coefficient (Wildman–Crippen LogP) is 5.48. The van der Waals surface area contributed by atoms with Crippen LogP contribution in [0.4, 0.5) is 9.18 Å². The number of ether oxygens (including phenoxy) is 4. The van der Waals surface area contributed by atoms with Gasteiger partial charge in [0.15, 0.2) is 6.10 Å². The van der Waals surface area contributed by atoms with E-state index in [4.69, 9.17) is 18.9 Å². The Balaban J connectivity index is 1.45. The molecule has 0 spiro atoms. The Bertz CT molecular complexity index is 977. The summed E-state index contributed by atoms with van der Waals surface area (Å²) >= 11 is 0. The Morgan fingerprint density at radius 1 is 0.947 bits per heavy atom. The fourth-order valence-electron chi connectivity index (χ4n) is 4.27. The molecular formula is C29H38FNO7. The van der Waals surface area contributed by atoms with Crippen molar-refractivity contribution < 1.29 is 38.0 Å². The van der Waals surface area contributed by atoms with Crippen LogP contribution in [0.2, 0.25) is 0 Å². The SMILES string of the molecule is CCOC(Cc1ccc(OCCN(CCCCOc2ccc(F)cc2)C(=O)OC2CCCC2)cc1)C(=O)O.